The third kappa shape index (κ3) is 8.13. The van der Waals surface area contributed by atoms with Crippen LogP contribution in [-0.2, 0) is 22.6 Å². The number of aromatic amines is 1. The van der Waals surface area contributed by atoms with Crippen molar-refractivity contribution in [2.45, 2.75) is 39.0 Å². The topological polar surface area (TPSA) is 118 Å². The van der Waals surface area contributed by atoms with Gasteiger partial charge in [-0.1, -0.05) is 30.3 Å². The highest BCUT2D eigenvalue weighted by molar-refractivity contribution is 5.87. The van der Waals surface area contributed by atoms with Crippen molar-refractivity contribution in [2.24, 2.45) is 5.10 Å². The molecule has 0 radical (unpaired) electrons. The molecule has 0 aliphatic heterocycles. The van der Waals surface area contributed by atoms with Crippen LogP contribution in [0.4, 0.5) is 4.79 Å². The van der Waals surface area contributed by atoms with Crippen LogP contribution in [-0.4, -0.2) is 40.3 Å². The number of amides is 2. The van der Waals surface area contributed by atoms with E-state index in [1.54, 1.807) is 6.20 Å². The van der Waals surface area contributed by atoms with E-state index in [-0.39, 0.29) is 19.1 Å². The molecule has 0 aliphatic rings. The van der Waals surface area contributed by atoms with Gasteiger partial charge in [-0.3, -0.25) is 4.79 Å². The van der Waals surface area contributed by atoms with Gasteiger partial charge in [-0.05, 0) is 49.2 Å². The molecule has 9 heteroatoms. The molecule has 0 fully saturated rings. The normalized spacial score (nSPS) is 11.8. The molecule has 0 saturated carbocycles. The zero-order valence-corrected chi connectivity index (χ0v) is 18.5. The number of hydrogen-bond donors (Lipinski definition) is 3. The SMILES string of the molecule is CC(C)Oc1ccc(/C=N\NC(=O)[C@@H](Cc2cnc[nH]2)NC(=O)OCc2ccccc2)cc1. The van der Waals surface area contributed by atoms with E-state index in [0.717, 1.165) is 16.9 Å². The second kappa shape index (κ2) is 12.0. The van der Waals surface area contributed by atoms with Crippen LogP contribution in [0, 0.1) is 0 Å². The summed E-state index contributed by atoms with van der Waals surface area (Å²) in [6.45, 7) is 4.01. The van der Waals surface area contributed by atoms with Crippen molar-refractivity contribution >= 4 is 18.2 Å². The first-order valence-electron chi connectivity index (χ1n) is 10.5. The fourth-order valence-electron chi connectivity index (χ4n) is 2.89. The van der Waals surface area contributed by atoms with E-state index in [1.807, 2.05) is 68.4 Å². The van der Waals surface area contributed by atoms with Gasteiger partial charge in [-0.15, -0.1) is 0 Å². The fraction of sp³-hybridized carbons (Fsp3) is 0.250. The van der Waals surface area contributed by atoms with E-state index in [4.69, 9.17) is 9.47 Å². The van der Waals surface area contributed by atoms with Gasteiger partial charge in [-0.25, -0.2) is 15.2 Å². The van der Waals surface area contributed by atoms with Gasteiger partial charge in [0.2, 0.25) is 0 Å². The van der Waals surface area contributed by atoms with Crippen molar-refractivity contribution < 1.29 is 19.1 Å². The van der Waals surface area contributed by atoms with Gasteiger partial charge in [0.05, 0.1) is 18.6 Å². The molecule has 3 N–H and O–H groups in total. The number of carbonyl (C=O) groups is 2. The number of benzene rings is 2. The Balaban J connectivity index is 1.56. The Morgan fingerprint density at radius 1 is 1.12 bits per heavy atom. The molecule has 3 aromatic rings. The summed E-state index contributed by atoms with van der Waals surface area (Å²) >= 11 is 0. The smallest absolute Gasteiger partial charge is 0.408 e. The van der Waals surface area contributed by atoms with E-state index >= 15 is 0 Å². The van der Waals surface area contributed by atoms with Crippen molar-refractivity contribution in [1.29, 1.82) is 0 Å². The molecule has 172 valence electrons. The van der Waals surface area contributed by atoms with E-state index < -0.39 is 18.0 Å². The molecule has 2 aromatic carbocycles. The zero-order chi connectivity index (χ0) is 23.5. The molecule has 1 aromatic heterocycles. The molecule has 3 rings (SSSR count). The number of hydrazone groups is 1. The Labute approximate surface area is 192 Å². The van der Waals surface area contributed by atoms with Gasteiger partial charge in [0.1, 0.15) is 18.4 Å². The zero-order valence-electron chi connectivity index (χ0n) is 18.5. The minimum Gasteiger partial charge on any atom is -0.491 e. The van der Waals surface area contributed by atoms with E-state index in [2.05, 4.69) is 25.8 Å². The molecule has 0 aliphatic carbocycles. The predicted molar refractivity (Wildman–Crippen MR) is 124 cm³/mol. The van der Waals surface area contributed by atoms with Crippen molar-refractivity contribution in [3.63, 3.8) is 0 Å². The van der Waals surface area contributed by atoms with Gasteiger partial charge in [0, 0.05) is 18.3 Å². The van der Waals surface area contributed by atoms with Crippen molar-refractivity contribution in [2.75, 3.05) is 0 Å². The van der Waals surface area contributed by atoms with Crippen LogP contribution in [0.15, 0.2) is 72.2 Å². The average Bonchev–Trinajstić information content (AvgIpc) is 3.32. The summed E-state index contributed by atoms with van der Waals surface area (Å²) in [7, 11) is 0. The highest BCUT2D eigenvalue weighted by atomic mass is 16.5. The summed E-state index contributed by atoms with van der Waals surface area (Å²) in [5.74, 6) is 0.265. The van der Waals surface area contributed by atoms with E-state index in [1.165, 1.54) is 12.5 Å². The number of ether oxygens (including phenoxy) is 2. The molecule has 0 spiro atoms. The molecule has 1 heterocycles. The van der Waals surface area contributed by atoms with Gasteiger partial charge < -0.3 is 19.8 Å². The van der Waals surface area contributed by atoms with Gasteiger partial charge in [0.25, 0.3) is 5.91 Å². The van der Waals surface area contributed by atoms with Gasteiger partial charge in [0.15, 0.2) is 0 Å². The number of carbonyl (C=O) groups excluding carboxylic acids is 2. The molecule has 9 nitrogen and oxygen atoms in total. The predicted octanol–water partition coefficient (Wildman–Crippen LogP) is 3.18. The molecule has 2 amide bonds. The second-order valence-electron chi connectivity index (χ2n) is 7.51. The third-order valence-electron chi connectivity index (χ3n) is 4.44. The summed E-state index contributed by atoms with van der Waals surface area (Å²) in [5, 5.41) is 6.59. The Bertz CT molecular complexity index is 1030. The number of imidazole rings is 1. The maximum absolute atomic E-state index is 12.7. The number of rotatable bonds is 10. The molecule has 0 unspecified atom stereocenters. The largest absolute Gasteiger partial charge is 0.491 e. The maximum atomic E-state index is 12.7. The highest BCUT2D eigenvalue weighted by Gasteiger charge is 2.22. The Morgan fingerprint density at radius 3 is 2.55 bits per heavy atom. The summed E-state index contributed by atoms with van der Waals surface area (Å²) in [5.41, 5.74) is 4.78. The summed E-state index contributed by atoms with van der Waals surface area (Å²) in [4.78, 5) is 31.8. The van der Waals surface area contributed by atoms with Crippen LogP contribution in [0.2, 0.25) is 0 Å². The Morgan fingerprint density at radius 2 is 1.88 bits per heavy atom. The van der Waals surface area contributed by atoms with Crippen molar-refractivity contribution in [1.82, 2.24) is 20.7 Å². The Hall–Kier alpha value is -4.14. The minimum absolute atomic E-state index is 0.0856. The van der Waals surface area contributed by atoms with Gasteiger partial charge >= 0.3 is 6.09 Å². The molecule has 0 saturated heterocycles. The van der Waals surface area contributed by atoms with Crippen LogP contribution in [0.3, 0.4) is 0 Å². The van der Waals surface area contributed by atoms with Gasteiger partial charge in [-0.2, -0.15) is 5.10 Å². The lowest BCUT2D eigenvalue weighted by Gasteiger charge is -2.16. The van der Waals surface area contributed by atoms with Crippen LogP contribution < -0.4 is 15.5 Å². The van der Waals surface area contributed by atoms with Crippen LogP contribution in [0.25, 0.3) is 0 Å². The molecular weight excluding hydrogens is 422 g/mol. The van der Waals surface area contributed by atoms with E-state index in [9.17, 15) is 9.59 Å². The van der Waals surface area contributed by atoms with Crippen molar-refractivity contribution in [3.8, 4) is 5.75 Å². The quantitative estimate of drug-likeness (QED) is 0.325. The monoisotopic (exact) mass is 449 g/mol. The summed E-state index contributed by atoms with van der Waals surface area (Å²) in [6.07, 6.45) is 4.18. The lowest BCUT2D eigenvalue weighted by atomic mass is 10.1. The average molecular weight is 450 g/mol. The second-order valence-corrected chi connectivity index (χ2v) is 7.51. The third-order valence-corrected chi connectivity index (χ3v) is 4.44. The first-order valence-corrected chi connectivity index (χ1v) is 10.5. The molecule has 1 atom stereocenters. The number of hydrogen-bond acceptors (Lipinski definition) is 6. The number of nitrogens with one attached hydrogen (secondary N) is 3. The van der Waals surface area contributed by atoms with E-state index in [0.29, 0.717) is 5.69 Å². The number of H-pyrrole nitrogens is 1. The Kier molecular flexibility index (Phi) is 8.58. The fourth-order valence-corrected chi connectivity index (χ4v) is 2.89. The lowest BCUT2D eigenvalue weighted by Crippen LogP contribution is -2.47. The number of aromatic nitrogens is 2. The molecule has 0 bridgehead atoms. The number of alkyl carbamates (subject to hydrolysis) is 1. The van der Waals surface area contributed by atoms with Crippen LogP contribution in [0.5, 0.6) is 5.75 Å². The van der Waals surface area contributed by atoms with Crippen LogP contribution >= 0.6 is 0 Å². The molecular formula is C24H27N5O4. The number of nitrogens with zero attached hydrogens (tertiary/aromatic N) is 2. The minimum atomic E-state index is -0.910. The standard InChI is InChI=1S/C24H27N5O4/c1-17(2)33-21-10-8-18(9-11-21)13-27-29-23(30)22(12-20-14-25-16-26-20)28-24(31)32-15-19-6-4-3-5-7-19/h3-11,13-14,16-17,22H,12,15H2,1-2H3,(H,25,26)(H,28,31)(H,29,30)/b27-13-/t22-/m1/s1. The summed E-state index contributed by atoms with van der Waals surface area (Å²) < 4.78 is 10.8. The summed E-state index contributed by atoms with van der Waals surface area (Å²) in [6, 6.07) is 15.7. The molecule has 33 heavy (non-hydrogen) atoms. The highest BCUT2D eigenvalue weighted by Crippen LogP contribution is 2.12. The van der Waals surface area contributed by atoms with Crippen molar-refractivity contribution in [3.05, 3.63) is 83.9 Å². The first-order chi connectivity index (χ1) is 16.0. The maximum Gasteiger partial charge on any atom is 0.408 e. The lowest BCUT2D eigenvalue weighted by molar-refractivity contribution is -0.123. The van der Waals surface area contributed by atoms with Crippen LogP contribution in [0.1, 0.15) is 30.7 Å². The first kappa shape index (κ1) is 23.5.